The molecule has 0 radical (unpaired) electrons. The van der Waals surface area contributed by atoms with Crippen LogP contribution in [-0.4, -0.2) is 20.3 Å². The van der Waals surface area contributed by atoms with Gasteiger partial charge in [-0.15, -0.1) is 0 Å². The zero-order chi connectivity index (χ0) is 17.9. The summed E-state index contributed by atoms with van der Waals surface area (Å²) in [4.78, 5) is 4.45. The smallest absolute Gasteiger partial charge is 0.146 e. The number of hydrogen-bond donors (Lipinski definition) is 2. The normalized spacial score (nSPS) is 11.8. The Kier molecular flexibility index (Phi) is 4.11. The zero-order valence-corrected chi connectivity index (χ0v) is 14.1. The highest BCUT2D eigenvalue weighted by Crippen LogP contribution is 2.21. The van der Waals surface area contributed by atoms with Gasteiger partial charge in [-0.1, -0.05) is 65.8 Å². The molecule has 0 amide bonds. The first-order valence-electron chi connectivity index (χ1n) is 8.34. The molecule has 4 rings (SSSR count). The summed E-state index contributed by atoms with van der Waals surface area (Å²) in [6.45, 7) is 0. The maximum absolute atomic E-state index is 9.55. The lowest BCUT2D eigenvalue weighted by atomic mass is 10.0. The van der Waals surface area contributed by atoms with E-state index in [4.69, 9.17) is 5.73 Å². The molecule has 128 valence electrons. The van der Waals surface area contributed by atoms with Gasteiger partial charge in [0.25, 0.3) is 0 Å². The fraction of sp³-hybridized carbons (Fsp3) is 0.0476. The van der Waals surface area contributed by atoms with E-state index in [1.807, 2.05) is 71.3 Å². The Balaban J connectivity index is 1.80. The van der Waals surface area contributed by atoms with E-state index in [0.717, 1.165) is 28.0 Å². The summed E-state index contributed by atoms with van der Waals surface area (Å²) < 4.78 is 1.96. The van der Waals surface area contributed by atoms with Crippen LogP contribution in [0.2, 0.25) is 0 Å². The second kappa shape index (κ2) is 6.72. The number of anilines is 1. The zero-order valence-electron chi connectivity index (χ0n) is 14.1. The van der Waals surface area contributed by atoms with Crippen molar-refractivity contribution in [2.75, 3.05) is 5.73 Å². The highest BCUT2D eigenvalue weighted by Gasteiger charge is 2.14. The first-order chi connectivity index (χ1) is 12.8. The number of imidazole rings is 1. The Hall–Kier alpha value is -3.60. The molecule has 0 saturated heterocycles. The van der Waals surface area contributed by atoms with Gasteiger partial charge >= 0.3 is 0 Å². The van der Waals surface area contributed by atoms with Gasteiger partial charge in [-0.25, -0.2) is 4.98 Å². The highest BCUT2D eigenvalue weighted by atomic mass is 16.4. The average Bonchev–Trinajstić information content (AvgIpc) is 2.99. The molecule has 0 aliphatic carbocycles. The van der Waals surface area contributed by atoms with Gasteiger partial charge in [0, 0.05) is 23.7 Å². The van der Waals surface area contributed by atoms with Gasteiger partial charge in [0.05, 0.1) is 5.69 Å². The Labute approximate surface area is 151 Å². The Bertz CT molecular complexity index is 1070. The number of fused-ring (bicyclic) bond motifs is 1. The molecule has 0 aliphatic heterocycles. The molecule has 0 spiro atoms. The summed E-state index contributed by atoms with van der Waals surface area (Å²) in [5.74, 6) is 0.508. The third-order valence-electron chi connectivity index (χ3n) is 4.38. The minimum atomic E-state index is 0.505. The monoisotopic (exact) mass is 342 g/mol. The quantitative estimate of drug-likeness (QED) is 0.337. The van der Waals surface area contributed by atoms with Crippen LogP contribution < -0.4 is 5.73 Å². The molecule has 2 heterocycles. The van der Waals surface area contributed by atoms with E-state index in [-0.39, 0.29) is 0 Å². The van der Waals surface area contributed by atoms with Crippen molar-refractivity contribution in [3.8, 4) is 0 Å². The number of oxime groups is 1. The number of nitrogens with zero attached hydrogens (tertiary/aromatic N) is 3. The third-order valence-corrected chi connectivity index (χ3v) is 4.38. The maximum atomic E-state index is 9.55. The Morgan fingerprint density at radius 1 is 0.923 bits per heavy atom. The van der Waals surface area contributed by atoms with Gasteiger partial charge in [-0.3, -0.25) is 0 Å². The molecule has 0 aliphatic rings. The molecular weight excluding hydrogens is 324 g/mol. The molecule has 0 bridgehead atoms. The van der Waals surface area contributed by atoms with Crippen LogP contribution in [0.5, 0.6) is 0 Å². The van der Waals surface area contributed by atoms with E-state index in [9.17, 15) is 5.21 Å². The van der Waals surface area contributed by atoms with E-state index in [1.54, 1.807) is 0 Å². The van der Waals surface area contributed by atoms with E-state index < -0.39 is 0 Å². The molecule has 26 heavy (non-hydrogen) atoms. The molecule has 5 heteroatoms. The topological polar surface area (TPSA) is 75.9 Å². The molecule has 0 atom stereocenters. The van der Waals surface area contributed by atoms with Crippen LogP contribution in [0.1, 0.15) is 22.4 Å². The molecule has 3 N–H and O–H groups in total. The standard InChI is InChI=1S/C21H18N4O/c22-21-18(13-15-7-3-1-4-8-15)25-14-17(11-12-19(25)23-21)20(24-26)16-9-5-2-6-10-16/h1-12,14,26H,13,22H2/b24-20+. The SMILES string of the molecule is Nc1nc2ccc(/C(=N/O)c3ccccc3)cn2c1Cc1ccccc1. The number of aromatic nitrogens is 2. The van der Waals surface area contributed by atoms with Crippen LogP contribution >= 0.6 is 0 Å². The predicted molar refractivity (Wildman–Crippen MR) is 103 cm³/mol. The maximum Gasteiger partial charge on any atom is 0.146 e. The van der Waals surface area contributed by atoms with E-state index in [1.165, 1.54) is 0 Å². The number of hydrogen-bond acceptors (Lipinski definition) is 4. The van der Waals surface area contributed by atoms with Crippen molar-refractivity contribution in [3.63, 3.8) is 0 Å². The molecule has 4 aromatic rings. The molecule has 0 unspecified atom stereocenters. The summed E-state index contributed by atoms with van der Waals surface area (Å²) in [5.41, 5.74) is 11.1. The Morgan fingerprint density at radius 2 is 1.62 bits per heavy atom. The molecule has 2 aromatic carbocycles. The first kappa shape index (κ1) is 15.9. The first-order valence-corrected chi connectivity index (χ1v) is 8.34. The van der Waals surface area contributed by atoms with E-state index >= 15 is 0 Å². The molecule has 0 fully saturated rings. The van der Waals surface area contributed by atoms with Crippen molar-refractivity contribution < 1.29 is 5.21 Å². The largest absolute Gasteiger partial charge is 0.410 e. The van der Waals surface area contributed by atoms with Crippen LogP contribution in [0.3, 0.4) is 0 Å². The Morgan fingerprint density at radius 3 is 2.31 bits per heavy atom. The molecular formula is C21H18N4O. The van der Waals surface area contributed by atoms with Gasteiger partial charge in [-0.2, -0.15) is 0 Å². The van der Waals surface area contributed by atoms with Crippen molar-refractivity contribution in [1.29, 1.82) is 0 Å². The van der Waals surface area contributed by atoms with Gasteiger partial charge in [0.1, 0.15) is 17.2 Å². The van der Waals surface area contributed by atoms with Crippen molar-refractivity contribution >= 4 is 17.2 Å². The second-order valence-electron chi connectivity index (χ2n) is 6.07. The fourth-order valence-corrected chi connectivity index (χ4v) is 3.09. The lowest BCUT2D eigenvalue weighted by Crippen LogP contribution is -2.06. The summed E-state index contributed by atoms with van der Waals surface area (Å²) in [7, 11) is 0. The lowest BCUT2D eigenvalue weighted by molar-refractivity contribution is 0.319. The van der Waals surface area contributed by atoms with E-state index in [2.05, 4.69) is 22.3 Å². The summed E-state index contributed by atoms with van der Waals surface area (Å²) in [6.07, 6.45) is 2.59. The van der Waals surface area contributed by atoms with Gasteiger partial charge in [0.2, 0.25) is 0 Å². The lowest BCUT2D eigenvalue weighted by Gasteiger charge is -2.08. The average molecular weight is 342 g/mol. The number of rotatable bonds is 4. The van der Waals surface area contributed by atoms with Crippen LogP contribution in [0.15, 0.2) is 84.1 Å². The number of nitrogens with two attached hydrogens (primary N) is 1. The molecule has 5 nitrogen and oxygen atoms in total. The molecule has 2 aromatic heterocycles. The van der Waals surface area contributed by atoms with Crippen molar-refractivity contribution in [2.45, 2.75) is 6.42 Å². The number of nitrogen functional groups attached to an aromatic ring is 1. The minimum absolute atomic E-state index is 0.505. The second-order valence-corrected chi connectivity index (χ2v) is 6.07. The van der Waals surface area contributed by atoms with Crippen LogP contribution in [0.4, 0.5) is 5.82 Å². The number of benzene rings is 2. The van der Waals surface area contributed by atoms with Crippen LogP contribution in [0.25, 0.3) is 5.65 Å². The van der Waals surface area contributed by atoms with Crippen molar-refractivity contribution in [3.05, 3.63) is 101 Å². The summed E-state index contributed by atoms with van der Waals surface area (Å²) in [6, 6.07) is 23.5. The van der Waals surface area contributed by atoms with Gasteiger partial charge in [-0.05, 0) is 17.7 Å². The van der Waals surface area contributed by atoms with Crippen LogP contribution in [-0.2, 0) is 6.42 Å². The van der Waals surface area contributed by atoms with Crippen molar-refractivity contribution in [2.24, 2.45) is 5.16 Å². The third kappa shape index (κ3) is 2.91. The minimum Gasteiger partial charge on any atom is -0.410 e. The fourth-order valence-electron chi connectivity index (χ4n) is 3.09. The van der Waals surface area contributed by atoms with E-state index in [0.29, 0.717) is 18.0 Å². The highest BCUT2D eigenvalue weighted by molar-refractivity contribution is 6.12. The van der Waals surface area contributed by atoms with Crippen LogP contribution in [0, 0.1) is 0 Å². The molecule has 0 saturated carbocycles. The summed E-state index contributed by atoms with van der Waals surface area (Å²) in [5, 5.41) is 13.1. The van der Waals surface area contributed by atoms with Gasteiger partial charge < -0.3 is 15.3 Å². The van der Waals surface area contributed by atoms with Crippen molar-refractivity contribution in [1.82, 2.24) is 9.38 Å². The number of pyridine rings is 1. The van der Waals surface area contributed by atoms with Gasteiger partial charge in [0.15, 0.2) is 0 Å². The summed E-state index contributed by atoms with van der Waals surface area (Å²) >= 11 is 0. The predicted octanol–water partition coefficient (Wildman–Crippen LogP) is 3.73.